The van der Waals surface area contributed by atoms with Crippen LogP contribution in [0.3, 0.4) is 0 Å². The number of aromatic nitrogens is 2. The lowest BCUT2D eigenvalue weighted by Gasteiger charge is -2.36. The van der Waals surface area contributed by atoms with Crippen molar-refractivity contribution in [3.05, 3.63) is 42.8 Å². The number of nitrogens with zero attached hydrogens (tertiary/aromatic N) is 5. The number of ether oxygens (including phenoxy) is 1. The molecule has 2 saturated heterocycles. The highest BCUT2D eigenvalue weighted by atomic mass is 16.5. The van der Waals surface area contributed by atoms with Gasteiger partial charge in [-0.25, -0.2) is 19.6 Å². The number of piperazine rings is 1. The molecule has 2 aliphatic carbocycles. The Labute approximate surface area is 224 Å². The molecule has 4 aliphatic rings. The first kappa shape index (κ1) is 27.9. The maximum absolute atomic E-state index is 13.0. The van der Waals surface area contributed by atoms with Crippen LogP contribution in [0.15, 0.2) is 42.8 Å². The first-order valence-corrected chi connectivity index (χ1v) is 12.7. The normalized spacial score (nSPS) is 26.4. The van der Waals surface area contributed by atoms with Crippen molar-refractivity contribution < 1.29 is 38.9 Å². The number of fused-ring (bicyclic) bond motifs is 5. The van der Waals surface area contributed by atoms with Crippen molar-refractivity contribution >= 4 is 35.7 Å². The zero-order valence-electron chi connectivity index (χ0n) is 21.5. The van der Waals surface area contributed by atoms with Gasteiger partial charge in [-0.15, -0.1) is 0 Å². The molecule has 5 rings (SSSR count). The first-order valence-electron chi connectivity index (χ1n) is 12.7. The molecule has 1 saturated carbocycles. The van der Waals surface area contributed by atoms with Gasteiger partial charge in [-0.2, -0.15) is 0 Å². The van der Waals surface area contributed by atoms with Crippen LogP contribution in [-0.4, -0.2) is 105 Å². The monoisotopic (exact) mass is 541 g/mol. The maximum atomic E-state index is 13.0. The number of carboxylic acids is 2. The molecule has 3 heterocycles. The number of amides is 2. The largest absolute Gasteiger partial charge is 0.478 e. The number of aliphatic carboxylic acids is 2. The third-order valence-corrected chi connectivity index (χ3v) is 7.32. The van der Waals surface area contributed by atoms with Crippen LogP contribution in [0.1, 0.15) is 13.3 Å². The Morgan fingerprint density at radius 2 is 1.49 bits per heavy atom. The van der Waals surface area contributed by atoms with Gasteiger partial charge in [0.25, 0.3) is 0 Å². The molecular formula is C26H31N5O8. The van der Waals surface area contributed by atoms with Crippen LogP contribution < -0.4 is 4.90 Å². The van der Waals surface area contributed by atoms with Crippen molar-refractivity contribution in [1.29, 1.82) is 0 Å². The van der Waals surface area contributed by atoms with E-state index in [1.54, 1.807) is 18.5 Å². The van der Waals surface area contributed by atoms with Gasteiger partial charge in [0, 0.05) is 64.2 Å². The third-order valence-electron chi connectivity index (χ3n) is 7.32. The van der Waals surface area contributed by atoms with Crippen molar-refractivity contribution in [1.82, 2.24) is 19.8 Å². The van der Waals surface area contributed by atoms with Crippen LogP contribution in [0.25, 0.3) is 0 Å². The molecule has 13 heteroatoms. The molecule has 0 aromatic carbocycles. The van der Waals surface area contributed by atoms with Gasteiger partial charge in [0.1, 0.15) is 6.10 Å². The van der Waals surface area contributed by atoms with Gasteiger partial charge in [0.15, 0.2) is 0 Å². The molecule has 13 nitrogen and oxygen atoms in total. The highest BCUT2D eigenvalue weighted by molar-refractivity contribution is 6.06. The minimum atomic E-state index is -1.26. The second kappa shape index (κ2) is 12.2. The molecule has 5 atom stereocenters. The number of carbonyl (C=O) groups excluding carboxylic acids is 3. The van der Waals surface area contributed by atoms with E-state index in [0.717, 1.165) is 32.6 Å². The molecule has 2 bridgehead atoms. The lowest BCUT2D eigenvalue weighted by Crippen LogP contribution is -2.51. The van der Waals surface area contributed by atoms with Crippen LogP contribution in [0.4, 0.5) is 5.95 Å². The van der Waals surface area contributed by atoms with Crippen LogP contribution in [0, 0.1) is 23.7 Å². The summed E-state index contributed by atoms with van der Waals surface area (Å²) in [6, 6.07) is 1.79. The van der Waals surface area contributed by atoms with E-state index in [2.05, 4.69) is 31.9 Å². The molecule has 2 amide bonds. The Bertz CT molecular complexity index is 1120. The Kier molecular flexibility index (Phi) is 8.69. The summed E-state index contributed by atoms with van der Waals surface area (Å²) in [7, 11) is 0. The zero-order valence-corrected chi connectivity index (χ0v) is 21.5. The summed E-state index contributed by atoms with van der Waals surface area (Å²) in [6.07, 6.45) is 9.11. The van der Waals surface area contributed by atoms with Gasteiger partial charge in [-0.1, -0.05) is 12.2 Å². The molecule has 1 aromatic heterocycles. The van der Waals surface area contributed by atoms with E-state index in [1.165, 1.54) is 11.8 Å². The lowest BCUT2D eigenvalue weighted by atomic mass is 9.85. The summed E-state index contributed by atoms with van der Waals surface area (Å²) in [5, 5.41) is 15.6. The topological polar surface area (TPSA) is 171 Å². The van der Waals surface area contributed by atoms with Gasteiger partial charge in [0.2, 0.25) is 17.8 Å². The van der Waals surface area contributed by atoms with Crippen LogP contribution in [0.5, 0.6) is 0 Å². The third kappa shape index (κ3) is 6.66. The number of allylic oxidation sites excluding steroid dienone is 2. The smallest absolute Gasteiger partial charge is 0.328 e. The molecule has 2 aliphatic heterocycles. The molecule has 0 spiro atoms. The second-order valence-electron chi connectivity index (χ2n) is 9.86. The second-order valence-corrected chi connectivity index (χ2v) is 9.86. The number of likely N-dealkylation sites (tertiary alicyclic amines) is 1. The van der Waals surface area contributed by atoms with Crippen molar-refractivity contribution in [3.8, 4) is 0 Å². The van der Waals surface area contributed by atoms with Crippen LogP contribution in [-0.2, 0) is 28.7 Å². The van der Waals surface area contributed by atoms with E-state index in [4.69, 9.17) is 14.9 Å². The Morgan fingerprint density at radius 3 is 1.97 bits per heavy atom. The minimum absolute atomic E-state index is 0.102. The molecule has 208 valence electrons. The lowest BCUT2D eigenvalue weighted by molar-refractivity contribution is -0.153. The Balaban J connectivity index is 0.000000386. The quantitative estimate of drug-likeness (QED) is 0.196. The predicted molar refractivity (Wildman–Crippen MR) is 135 cm³/mol. The number of carbonyl (C=O) groups is 5. The fourth-order valence-corrected chi connectivity index (χ4v) is 5.73. The SMILES string of the molecule is CC(=O)OC(CN1CCN(c2ncccn2)CC1)CN1C(=O)C2C3C=C[C@@H](C3)[C@@H]2C1=O.O=C(O)/C=C\C(=O)O. The van der Waals surface area contributed by atoms with Gasteiger partial charge in [0.05, 0.1) is 18.4 Å². The summed E-state index contributed by atoms with van der Waals surface area (Å²) in [5.74, 6) is -2.51. The van der Waals surface area contributed by atoms with Gasteiger partial charge in [-0.3, -0.25) is 24.2 Å². The standard InChI is InChI=1S/C22H27N5O4.C4H4O4/c1-14(28)31-17(12-25-7-9-26(10-8-25)22-23-5-2-6-24-22)13-27-20(29)18-15-3-4-16(11-15)19(18)21(27)30;5-3(6)1-2-4(7)8/h2-6,15-19H,7-13H2,1H3;1-2H,(H,5,6)(H,7,8)/b;2-1-/t15-,16?,17?,18-,19?;/m0./s1. The van der Waals surface area contributed by atoms with Gasteiger partial charge in [-0.05, 0) is 24.3 Å². The molecule has 0 radical (unpaired) electrons. The number of rotatable bonds is 8. The van der Waals surface area contributed by atoms with Gasteiger partial charge >= 0.3 is 17.9 Å². The fourth-order valence-electron chi connectivity index (χ4n) is 5.73. The number of carboxylic acid groups (broad SMARTS) is 2. The van der Waals surface area contributed by atoms with E-state index in [9.17, 15) is 24.0 Å². The molecule has 39 heavy (non-hydrogen) atoms. The molecule has 1 aromatic rings. The van der Waals surface area contributed by atoms with E-state index in [1.807, 2.05) is 0 Å². The summed E-state index contributed by atoms with van der Waals surface area (Å²) in [4.78, 5) is 71.1. The predicted octanol–water partition coefficient (Wildman–Crippen LogP) is 0.0492. The Morgan fingerprint density at radius 1 is 0.949 bits per heavy atom. The summed E-state index contributed by atoms with van der Waals surface area (Å²) in [6.45, 7) is 5.03. The van der Waals surface area contributed by atoms with E-state index in [0.29, 0.717) is 24.6 Å². The fraction of sp³-hybridized carbons (Fsp3) is 0.500. The minimum Gasteiger partial charge on any atom is -0.478 e. The van der Waals surface area contributed by atoms with Crippen molar-refractivity contribution in [3.63, 3.8) is 0 Å². The molecule has 3 unspecified atom stereocenters. The summed E-state index contributed by atoms with van der Waals surface area (Å²) < 4.78 is 5.53. The van der Waals surface area contributed by atoms with E-state index in [-0.39, 0.29) is 42.0 Å². The highest BCUT2D eigenvalue weighted by Gasteiger charge is 2.59. The highest BCUT2D eigenvalue weighted by Crippen LogP contribution is 2.52. The zero-order chi connectivity index (χ0) is 28.1. The number of esters is 1. The average Bonchev–Trinajstić information content (AvgIpc) is 3.59. The summed E-state index contributed by atoms with van der Waals surface area (Å²) in [5.41, 5.74) is 0. The maximum Gasteiger partial charge on any atom is 0.328 e. The Hall–Kier alpha value is -4.13. The van der Waals surface area contributed by atoms with Crippen LogP contribution in [0.2, 0.25) is 0 Å². The van der Waals surface area contributed by atoms with Gasteiger partial charge < -0.3 is 19.8 Å². The van der Waals surface area contributed by atoms with Crippen molar-refractivity contribution in [2.45, 2.75) is 19.4 Å². The number of imide groups is 1. The van der Waals surface area contributed by atoms with Crippen molar-refractivity contribution in [2.75, 3.05) is 44.2 Å². The number of anilines is 1. The number of hydrogen-bond acceptors (Lipinski definition) is 10. The van der Waals surface area contributed by atoms with Crippen molar-refractivity contribution in [2.24, 2.45) is 23.7 Å². The first-order chi connectivity index (χ1) is 18.6. The molecule has 3 fully saturated rings. The summed E-state index contributed by atoms with van der Waals surface area (Å²) >= 11 is 0. The number of hydrogen-bond donors (Lipinski definition) is 2. The average molecular weight is 542 g/mol. The van der Waals surface area contributed by atoms with E-state index < -0.39 is 24.0 Å². The molecule has 2 N–H and O–H groups in total. The van der Waals surface area contributed by atoms with E-state index >= 15 is 0 Å². The molecular weight excluding hydrogens is 510 g/mol. The van der Waals surface area contributed by atoms with Crippen LogP contribution >= 0.6 is 0 Å².